The molecule has 0 fully saturated rings. The highest BCUT2D eigenvalue weighted by Crippen LogP contribution is 2.24. The number of fused-ring (bicyclic) bond motifs is 1. The van der Waals surface area contributed by atoms with Crippen molar-refractivity contribution < 1.29 is 14.3 Å². The van der Waals surface area contributed by atoms with Gasteiger partial charge in [-0.25, -0.2) is 9.59 Å². The molecule has 1 aliphatic heterocycles. The van der Waals surface area contributed by atoms with Gasteiger partial charge in [0.15, 0.2) is 0 Å². The van der Waals surface area contributed by atoms with E-state index < -0.39 is 5.97 Å². The summed E-state index contributed by atoms with van der Waals surface area (Å²) < 4.78 is 4.65. The van der Waals surface area contributed by atoms with Gasteiger partial charge in [0.25, 0.3) is 0 Å². The molecule has 0 saturated heterocycles. The van der Waals surface area contributed by atoms with E-state index in [1.54, 1.807) is 24.3 Å². The van der Waals surface area contributed by atoms with Gasteiger partial charge in [-0.05, 0) is 54.6 Å². The summed E-state index contributed by atoms with van der Waals surface area (Å²) in [7, 11) is 1.34. The van der Waals surface area contributed by atoms with Crippen molar-refractivity contribution in [3.05, 3.63) is 51.7 Å². The molecule has 1 unspecified atom stereocenters. The molecule has 3 rings (SSSR count). The van der Waals surface area contributed by atoms with Gasteiger partial charge in [-0.3, -0.25) is 4.90 Å². The normalized spacial score (nSPS) is 15.0. The summed E-state index contributed by atoms with van der Waals surface area (Å²) in [5.74, 6) is -0.398. The lowest BCUT2D eigenvalue weighted by Gasteiger charge is -2.32. The monoisotopic (exact) mass is 373 g/mol. The fourth-order valence-electron chi connectivity index (χ4n) is 3.00. The van der Waals surface area contributed by atoms with Gasteiger partial charge in [-0.1, -0.05) is 0 Å². The van der Waals surface area contributed by atoms with Gasteiger partial charge in [0.2, 0.25) is 0 Å². The number of anilines is 1. The lowest BCUT2D eigenvalue weighted by molar-refractivity contribution is 0.0601. The van der Waals surface area contributed by atoms with Crippen LogP contribution in [0.2, 0.25) is 0 Å². The van der Waals surface area contributed by atoms with Crippen molar-refractivity contribution in [3.63, 3.8) is 0 Å². The van der Waals surface area contributed by atoms with E-state index in [1.165, 1.54) is 17.6 Å². The molecule has 0 aliphatic carbocycles. The minimum absolute atomic E-state index is 0.254. The first-order valence-corrected chi connectivity index (χ1v) is 9.47. The zero-order valence-electron chi connectivity index (χ0n) is 15.0. The highest BCUT2D eigenvalue weighted by Gasteiger charge is 2.21. The van der Waals surface area contributed by atoms with Crippen LogP contribution in [0.5, 0.6) is 0 Å². The summed E-state index contributed by atoms with van der Waals surface area (Å²) in [5, 5.41) is 7.84. The number of nitrogens with zero attached hydrogens (tertiary/aromatic N) is 1. The Kier molecular flexibility index (Phi) is 5.90. The van der Waals surface area contributed by atoms with Crippen molar-refractivity contribution in [1.29, 1.82) is 0 Å². The molecule has 0 spiro atoms. The number of nitrogens with one attached hydrogen (secondary N) is 2. The third-order valence-corrected chi connectivity index (χ3v) is 5.61. The number of ether oxygens (including phenoxy) is 1. The minimum Gasteiger partial charge on any atom is -0.465 e. The van der Waals surface area contributed by atoms with E-state index in [0.29, 0.717) is 17.8 Å². The molecular weight excluding hydrogens is 350 g/mol. The average Bonchev–Trinajstić information content (AvgIpc) is 3.13. The van der Waals surface area contributed by atoms with Gasteiger partial charge in [0.05, 0.1) is 12.7 Å². The second-order valence-electron chi connectivity index (χ2n) is 6.34. The van der Waals surface area contributed by atoms with Crippen LogP contribution in [0, 0.1) is 0 Å². The Morgan fingerprint density at radius 1 is 1.27 bits per heavy atom. The molecule has 7 heteroatoms. The lowest BCUT2D eigenvalue weighted by atomic mass is 10.1. The summed E-state index contributed by atoms with van der Waals surface area (Å²) in [4.78, 5) is 27.4. The Labute approximate surface area is 157 Å². The summed E-state index contributed by atoms with van der Waals surface area (Å²) in [6.45, 7) is 4.67. The third-order valence-electron chi connectivity index (χ3n) is 4.58. The maximum atomic E-state index is 12.1. The largest absolute Gasteiger partial charge is 0.465 e. The zero-order chi connectivity index (χ0) is 18.5. The van der Waals surface area contributed by atoms with Crippen LogP contribution in [0.4, 0.5) is 10.5 Å². The lowest BCUT2D eigenvalue weighted by Crippen LogP contribution is -2.45. The van der Waals surface area contributed by atoms with Crippen LogP contribution < -0.4 is 10.6 Å². The van der Waals surface area contributed by atoms with Gasteiger partial charge in [-0.15, -0.1) is 11.3 Å². The van der Waals surface area contributed by atoms with Crippen molar-refractivity contribution in [3.8, 4) is 0 Å². The highest BCUT2D eigenvalue weighted by atomic mass is 32.1. The number of carbonyl (C=O) groups excluding carboxylic acids is 2. The first kappa shape index (κ1) is 18.4. The molecule has 26 heavy (non-hydrogen) atoms. The van der Waals surface area contributed by atoms with Crippen LogP contribution in [0.25, 0.3) is 0 Å². The van der Waals surface area contributed by atoms with E-state index in [0.717, 1.165) is 19.5 Å². The standard InChI is InChI=1S/C19H23N3O3S/c1-13(22-9-7-17-15(12-22)8-10-26-17)11-20-19(24)21-16-5-3-14(4-6-16)18(23)25-2/h3-6,8,10,13H,7,9,11-12H2,1-2H3,(H2,20,21,24). The summed E-state index contributed by atoms with van der Waals surface area (Å²) in [6.07, 6.45) is 1.08. The topological polar surface area (TPSA) is 70.7 Å². The molecule has 1 aliphatic rings. The third kappa shape index (κ3) is 4.42. The van der Waals surface area contributed by atoms with Crippen molar-refractivity contribution in [2.24, 2.45) is 0 Å². The number of benzene rings is 1. The SMILES string of the molecule is COC(=O)c1ccc(NC(=O)NCC(C)N2CCc3sccc3C2)cc1. The summed E-state index contributed by atoms with van der Waals surface area (Å²) >= 11 is 1.83. The smallest absolute Gasteiger partial charge is 0.337 e. The number of methoxy groups -OCH3 is 1. The van der Waals surface area contributed by atoms with Gasteiger partial charge < -0.3 is 15.4 Å². The van der Waals surface area contributed by atoms with Crippen LogP contribution in [0.1, 0.15) is 27.7 Å². The van der Waals surface area contributed by atoms with E-state index >= 15 is 0 Å². The van der Waals surface area contributed by atoms with Crippen LogP contribution in [0.15, 0.2) is 35.7 Å². The second kappa shape index (κ2) is 8.33. The molecule has 0 saturated carbocycles. The fraction of sp³-hybridized carbons (Fsp3) is 0.368. The molecule has 0 bridgehead atoms. The van der Waals surface area contributed by atoms with Crippen LogP contribution in [0.3, 0.4) is 0 Å². The van der Waals surface area contributed by atoms with E-state index in [9.17, 15) is 9.59 Å². The molecule has 1 aromatic carbocycles. The predicted octanol–water partition coefficient (Wildman–Crippen LogP) is 3.10. The molecule has 2 N–H and O–H groups in total. The van der Waals surface area contributed by atoms with Crippen LogP contribution in [-0.2, 0) is 17.7 Å². The highest BCUT2D eigenvalue weighted by molar-refractivity contribution is 7.10. The number of thiophene rings is 1. The molecule has 0 radical (unpaired) electrons. The number of urea groups is 1. The Morgan fingerprint density at radius 2 is 2.04 bits per heavy atom. The predicted molar refractivity (Wildman–Crippen MR) is 103 cm³/mol. The van der Waals surface area contributed by atoms with E-state index in [1.807, 2.05) is 11.3 Å². The number of amides is 2. The molecule has 1 aromatic heterocycles. The molecule has 2 heterocycles. The molecular formula is C19H23N3O3S. The Morgan fingerprint density at radius 3 is 2.77 bits per heavy atom. The number of esters is 1. The van der Waals surface area contributed by atoms with Crippen LogP contribution in [-0.4, -0.2) is 43.1 Å². The van der Waals surface area contributed by atoms with Crippen molar-refractivity contribution in [2.75, 3.05) is 25.5 Å². The van der Waals surface area contributed by atoms with Gasteiger partial charge >= 0.3 is 12.0 Å². The van der Waals surface area contributed by atoms with E-state index in [2.05, 4.69) is 38.6 Å². The van der Waals surface area contributed by atoms with E-state index in [4.69, 9.17) is 0 Å². The number of hydrogen-bond donors (Lipinski definition) is 2. The average molecular weight is 373 g/mol. The molecule has 6 nitrogen and oxygen atoms in total. The van der Waals surface area contributed by atoms with Gasteiger partial charge in [0, 0.05) is 36.2 Å². The second-order valence-corrected chi connectivity index (χ2v) is 7.34. The first-order chi connectivity index (χ1) is 12.6. The van der Waals surface area contributed by atoms with Crippen LogP contribution >= 0.6 is 11.3 Å². The summed E-state index contributed by atoms with van der Waals surface area (Å²) in [5.41, 5.74) is 2.48. The molecule has 138 valence electrons. The van der Waals surface area contributed by atoms with Crippen molar-refractivity contribution in [1.82, 2.24) is 10.2 Å². The number of carbonyl (C=O) groups is 2. The molecule has 2 aromatic rings. The molecule has 2 amide bonds. The Balaban J connectivity index is 1.46. The van der Waals surface area contributed by atoms with Crippen molar-refractivity contribution >= 4 is 29.0 Å². The van der Waals surface area contributed by atoms with E-state index in [-0.39, 0.29) is 12.1 Å². The number of rotatable bonds is 5. The zero-order valence-corrected chi connectivity index (χ0v) is 15.8. The fourth-order valence-corrected chi connectivity index (χ4v) is 3.89. The maximum Gasteiger partial charge on any atom is 0.337 e. The van der Waals surface area contributed by atoms with Gasteiger partial charge in [0.1, 0.15) is 0 Å². The minimum atomic E-state index is -0.398. The number of hydrogen-bond acceptors (Lipinski definition) is 5. The Hall–Kier alpha value is -2.38. The Bertz CT molecular complexity index is 773. The molecule has 1 atom stereocenters. The van der Waals surface area contributed by atoms with Gasteiger partial charge in [-0.2, -0.15) is 0 Å². The van der Waals surface area contributed by atoms with Crippen molar-refractivity contribution in [2.45, 2.75) is 25.9 Å². The first-order valence-electron chi connectivity index (χ1n) is 8.59. The quantitative estimate of drug-likeness (QED) is 0.790. The maximum absolute atomic E-state index is 12.1. The summed E-state index contributed by atoms with van der Waals surface area (Å²) in [6, 6.07) is 8.80.